The fourth-order valence-electron chi connectivity index (χ4n) is 3.79. The van der Waals surface area contributed by atoms with Crippen molar-refractivity contribution in [2.75, 3.05) is 0 Å². The summed E-state index contributed by atoms with van der Waals surface area (Å²) in [7, 11) is 0. The molecule has 3 aromatic rings. The Morgan fingerprint density at radius 1 is 1.19 bits per heavy atom. The summed E-state index contributed by atoms with van der Waals surface area (Å²) in [6.07, 6.45) is 5.36. The summed E-state index contributed by atoms with van der Waals surface area (Å²) in [5.41, 5.74) is 1.41. The van der Waals surface area contributed by atoms with E-state index in [0.29, 0.717) is 11.6 Å². The second-order valence-electron chi connectivity index (χ2n) is 7.29. The molecule has 0 spiro atoms. The number of benzene rings is 1. The van der Waals surface area contributed by atoms with E-state index in [1.54, 1.807) is 0 Å². The molecule has 1 saturated carbocycles. The maximum Gasteiger partial charge on any atom is 0.226 e. The summed E-state index contributed by atoms with van der Waals surface area (Å²) >= 11 is 0. The van der Waals surface area contributed by atoms with Gasteiger partial charge in [-0.15, -0.1) is 10.2 Å². The Morgan fingerprint density at radius 3 is 2.96 bits per heavy atom. The smallest absolute Gasteiger partial charge is 0.226 e. The molecule has 1 aliphatic heterocycles. The molecule has 2 aromatic heterocycles. The van der Waals surface area contributed by atoms with Crippen LogP contribution in [0.5, 0.6) is 0 Å². The first-order valence-electron chi connectivity index (χ1n) is 9.32. The fourth-order valence-corrected chi connectivity index (χ4v) is 3.79. The number of aryl methyl sites for hydroxylation is 1. The number of nitrogens with zero attached hydrogens (tertiary/aromatic N) is 4. The van der Waals surface area contributed by atoms with Crippen LogP contribution in [0.25, 0.3) is 11.0 Å². The number of nitrogens with one attached hydrogen (secondary N) is 1. The second-order valence-corrected chi connectivity index (χ2v) is 7.29. The topological polar surface area (TPSA) is 85.8 Å². The van der Waals surface area contributed by atoms with Crippen LogP contribution in [0.3, 0.4) is 0 Å². The Morgan fingerprint density at radius 2 is 2.08 bits per heavy atom. The minimum absolute atomic E-state index is 0.00543. The van der Waals surface area contributed by atoms with Crippen molar-refractivity contribution in [1.82, 2.24) is 25.2 Å². The zero-order chi connectivity index (χ0) is 17.5. The molecule has 1 aromatic carbocycles. The summed E-state index contributed by atoms with van der Waals surface area (Å²) in [5.74, 6) is 2.80. The predicted molar refractivity (Wildman–Crippen MR) is 94.6 cm³/mol. The molecule has 1 unspecified atom stereocenters. The molecule has 0 saturated heterocycles. The number of amides is 1. The number of hydrogen-bond acceptors (Lipinski definition) is 5. The third kappa shape index (κ3) is 2.87. The van der Waals surface area contributed by atoms with Crippen LogP contribution >= 0.6 is 0 Å². The molecule has 0 bridgehead atoms. The molecule has 134 valence electrons. The summed E-state index contributed by atoms with van der Waals surface area (Å²) in [4.78, 5) is 12.5. The highest BCUT2D eigenvalue weighted by molar-refractivity contribution is 5.86. The van der Waals surface area contributed by atoms with Crippen molar-refractivity contribution in [3.63, 3.8) is 0 Å². The van der Waals surface area contributed by atoms with Gasteiger partial charge in [-0.3, -0.25) is 4.79 Å². The van der Waals surface area contributed by atoms with E-state index in [1.165, 1.54) is 12.8 Å². The van der Waals surface area contributed by atoms with Gasteiger partial charge in [-0.2, -0.15) is 0 Å². The maximum atomic E-state index is 12.5. The molecule has 7 heteroatoms. The van der Waals surface area contributed by atoms with Crippen LogP contribution in [0, 0.1) is 0 Å². The van der Waals surface area contributed by atoms with Crippen molar-refractivity contribution in [3.8, 4) is 0 Å². The standard InChI is InChI=1S/C19H21N5O2/c25-18(11-15-14-3-1-2-4-16(14)26-23-15)20-13-7-8-17-21-22-19(12-5-6-12)24(17)10-9-13/h1-4,12-13H,5-11H2,(H,20,25). The van der Waals surface area contributed by atoms with Gasteiger partial charge < -0.3 is 14.4 Å². The average Bonchev–Trinajstić information content (AvgIpc) is 3.35. The van der Waals surface area contributed by atoms with Crippen molar-refractivity contribution in [2.45, 2.75) is 57.0 Å². The van der Waals surface area contributed by atoms with Gasteiger partial charge in [0.1, 0.15) is 17.3 Å². The molecule has 2 aliphatic rings. The van der Waals surface area contributed by atoms with Crippen molar-refractivity contribution < 1.29 is 9.32 Å². The van der Waals surface area contributed by atoms with Crippen LogP contribution < -0.4 is 5.32 Å². The normalized spacial score (nSPS) is 19.9. The third-order valence-corrected chi connectivity index (χ3v) is 5.36. The first-order chi connectivity index (χ1) is 12.8. The summed E-state index contributed by atoms with van der Waals surface area (Å²) < 4.78 is 7.56. The number of carbonyl (C=O) groups excluding carboxylic acids is 1. The molecule has 5 rings (SSSR count). The lowest BCUT2D eigenvalue weighted by molar-refractivity contribution is -0.121. The fraction of sp³-hybridized carbons (Fsp3) is 0.474. The SMILES string of the molecule is O=C(Cc1noc2ccccc12)NC1CCc2nnc(C3CC3)n2CC1. The van der Waals surface area contributed by atoms with Gasteiger partial charge in [0.05, 0.1) is 6.42 Å². The number of aromatic nitrogens is 4. The molecule has 1 aliphatic carbocycles. The van der Waals surface area contributed by atoms with Crippen LogP contribution in [-0.4, -0.2) is 31.9 Å². The number of para-hydroxylation sites is 1. The molecule has 1 atom stereocenters. The molecule has 1 N–H and O–H groups in total. The molecule has 1 amide bonds. The Kier molecular flexibility index (Phi) is 3.72. The third-order valence-electron chi connectivity index (χ3n) is 5.36. The van der Waals surface area contributed by atoms with E-state index in [0.717, 1.165) is 48.4 Å². The van der Waals surface area contributed by atoms with Gasteiger partial charge in [0, 0.05) is 30.3 Å². The second kappa shape index (κ2) is 6.23. The quantitative estimate of drug-likeness (QED) is 0.780. The van der Waals surface area contributed by atoms with E-state index >= 15 is 0 Å². The van der Waals surface area contributed by atoms with Crippen LogP contribution in [-0.2, 0) is 24.2 Å². The predicted octanol–water partition coefficient (Wildman–Crippen LogP) is 2.36. The van der Waals surface area contributed by atoms with Crippen LogP contribution in [0.1, 0.15) is 48.9 Å². The molecular formula is C19H21N5O2. The zero-order valence-electron chi connectivity index (χ0n) is 14.5. The molecule has 26 heavy (non-hydrogen) atoms. The van der Waals surface area contributed by atoms with Crippen molar-refractivity contribution in [1.29, 1.82) is 0 Å². The molecule has 1 fully saturated rings. The monoisotopic (exact) mass is 351 g/mol. The number of hydrogen-bond donors (Lipinski definition) is 1. The Hall–Kier alpha value is -2.70. The molecule has 3 heterocycles. The Labute approximate surface area is 150 Å². The van der Waals surface area contributed by atoms with Crippen molar-refractivity contribution >= 4 is 16.9 Å². The van der Waals surface area contributed by atoms with Crippen molar-refractivity contribution in [3.05, 3.63) is 41.6 Å². The van der Waals surface area contributed by atoms with Crippen LogP contribution in [0.15, 0.2) is 28.8 Å². The highest BCUT2D eigenvalue weighted by Crippen LogP contribution is 2.39. The van der Waals surface area contributed by atoms with Gasteiger partial charge in [0.2, 0.25) is 5.91 Å². The molecule has 7 nitrogen and oxygen atoms in total. The van der Waals surface area contributed by atoms with Gasteiger partial charge in [-0.1, -0.05) is 17.3 Å². The van der Waals surface area contributed by atoms with Gasteiger partial charge >= 0.3 is 0 Å². The largest absolute Gasteiger partial charge is 0.356 e. The van der Waals surface area contributed by atoms with Gasteiger partial charge in [-0.25, -0.2) is 0 Å². The first kappa shape index (κ1) is 15.5. The Bertz CT molecular complexity index is 956. The van der Waals surface area contributed by atoms with E-state index in [9.17, 15) is 4.79 Å². The van der Waals surface area contributed by atoms with E-state index < -0.39 is 0 Å². The van der Waals surface area contributed by atoms with Gasteiger partial charge in [-0.05, 0) is 37.8 Å². The van der Waals surface area contributed by atoms with Crippen molar-refractivity contribution in [2.24, 2.45) is 0 Å². The maximum absolute atomic E-state index is 12.5. The lowest BCUT2D eigenvalue weighted by atomic mass is 10.1. The number of rotatable bonds is 4. The minimum atomic E-state index is -0.00543. The van der Waals surface area contributed by atoms with Crippen LogP contribution in [0.4, 0.5) is 0 Å². The van der Waals surface area contributed by atoms with E-state index in [1.807, 2.05) is 24.3 Å². The van der Waals surface area contributed by atoms with E-state index in [-0.39, 0.29) is 18.4 Å². The molecular weight excluding hydrogens is 330 g/mol. The summed E-state index contributed by atoms with van der Waals surface area (Å²) in [5, 5.41) is 16.9. The lowest BCUT2D eigenvalue weighted by Crippen LogP contribution is -2.36. The van der Waals surface area contributed by atoms with E-state index in [4.69, 9.17) is 4.52 Å². The summed E-state index contributed by atoms with van der Waals surface area (Å²) in [6, 6.07) is 7.79. The lowest BCUT2D eigenvalue weighted by Gasteiger charge is -2.15. The van der Waals surface area contributed by atoms with Gasteiger partial charge in [0.15, 0.2) is 5.58 Å². The van der Waals surface area contributed by atoms with Crippen LogP contribution in [0.2, 0.25) is 0 Å². The zero-order valence-corrected chi connectivity index (χ0v) is 14.5. The highest BCUT2D eigenvalue weighted by Gasteiger charge is 2.31. The minimum Gasteiger partial charge on any atom is -0.356 e. The number of fused-ring (bicyclic) bond motifs is 2. The first-order valence-corrected chi connectivity index (χ1v) is 9.32. The summed E-state index contributed by atoms with van der Waals surface area (Å²) in [6.45, 7) is 0.881. The van der Waals surface area contributed by atoms with E-state index in [2.05, 4.69) is 25.2 Å². The number of carbonyl (C=O) groups is 1. The average molecular weight is 351 g/mol. The molecule has 0 radical (unpaired) electrons. The highest BCUT2D eigenvalue weighted by atomic mass is 16.5. The Balaban J connectivity index is 1.23. The van der Waals surface area contributed by atoms with Gasteiger partial charge in [0.25, 0.3) is 0 Å².